The molecule has 3 aromatic carbocycles. The number of piperidine rings is 1. The highest BCUT2D eigenvalue weighted by molar-refractivity contribution is 6.01. The van der Waals surface area contributed by atoms with Crippen molar-refractivity contribution in [3.63, 3.8) is 0 Å². The largest absolute Gasteiger partial charge is 0.324 e. The van der Waals surface area contributed by atoms with Crippen molar-refractivity contribution in [2.45, 2.75) is 58.3 Å². The van der Waals surface area contributed by atoms with E-state index in [0.717, 1.165) is 48.4 Å². The molecule has 1 unspecified atom stereocenters. The number of nitrogens with one attached hydrogen (secondary N) is 3. The molecule has 0 bridgehead atoms. The van der Waals surface area contributed by atoms with Gasteiger partial charge in [-0.1, -0.05) is 74.9 Å². The molecule has 1 aliphatic heterocycles. The average Bonchev–Trinajstić information content (AvgIpc) is 3.40. The highest BCUT2D eigenvalue weighted by atomic mass is 19.1. The van der Waals surface area contributed by atoms with Crippen LogP contribution in [0.15, 0.2) is 78.9 Å². The molecule has 43 heavy (non-hydrogen) atoms. The molecule has 1 fully saturated rings. The minimum atomic E-state index is -0.483. The lowest BCUT2D eigenvalue weighted by Gasteiger charge is -2.31. The van der Waals surface area contributed by atoms with Gasteiger partial charge in [0.25, 0.3) is 0 Å². The number of aromatic nitrogens is 2. The average molecular weight is 582 g/mol. The number of ketones is 1. The van der Waals surface area contributed by atoms with Gasteiger partial charge in [-0.25, -0.2) is 13.9 Å². The molecular formula is C35H40FN5O2. The molecule has 0 aliphatic carbocycles. The van der Waals surface area contributed by atoms with E-state index in [2.05, 4.69) is 36.7 Å². The van der Waals surface area contributed by atoms with Crippen LogP contribution in [-0.4, -0.2) is 34.7 Å². The van der Waals surface area contributed by atoms with Crippen LogP contribution in [0.1, 0.15) is 61.9 Å². The highest BCUT2D eigenvalue weighted by Crippen LogP contribution is 2.37. The molecule has 1 aromatic heterocycles. The summed E-state index contributed by atoms with van der Waals surface area (Å²) in [7, 11) is 0. The molecule has 7 nitrogen and oxygen atoms in total. The molecule has 1 atom stereocenters. The zero-order chi connectivity index (χ0) is 30.6. The maximum Gasteiger partial charge on any atom is 0.324 e. The molecule has 0 radical (unpaired) electrons. The van der Waals surface area contributed by atoms with Crippen LogP contribution in [-0.2, 0) is 16.6 Å². The lowest BCUT2D eigenvalue weighted by atomic mass is 9.76. The van der Waals surface area contributed by atoms with Crippen LogP contribution in [0.2, 0.25) is 0 Å². The van der Waals surface area contributed by atoms with Crippen molar-refractivity contribution in [1.29, 1.82) is 0 Å². The van der Waals surface area contributed by atoms with Crippen LogP contribution < -0.4 is 16.0 Å². The first-order chi connectivity index (χ1) is 20.6. The fourth-order valence-electron chi connectivity index (χ4n) is 5.68. The van der Waals surface area contributed by atoms with Gasteiger partial charge in [-0.15, -0.1) is 0 Å². The summed E-state index contributed by atoms with van der Waals surface area (Å²) >= 11 is 0. The summed E-state index contributed by atoms with van der Waals surface area (Å²) in [6, 6.07) is 23.3. The number of urea groups is 1. The van der Waals surface area contributed by atoms with Crippen molar-refractivity contribution in [2.24, 2.45) is 5.92 Å². The van der Waals surface area contributed by atoms with Gasteiger partial charge in [0, 0.05) is 29.5 Å². The third-order valence-electron chi connectivity index (χ3n) is 8.07. The minimum absolute atomic E-state index is 0.00683. The first kappa shape index (κ1) is 30.2. The molecule has 1 saturated heterocycles. The van der Waals surface area contributed by atoms with Gasteiger partial charge in [-0.05, 0) is 74.2 Å². The molecule has 2 heterocycles. The summed E-state index contributed by atoms with van der Waals surface area (Å²) in [6.07, 6.45) is 1.63. The number of hydrogen-bond donors (Lipinski definition) is 3. The maximum atomic E-state index is 14.5. The van der Waals surface area contributed by atoms with Crippen LogP contribution in [0.5, 0.6) is 0 Å². The number of Topliss-reactive ketones (excluding diaryl/α,β-unsaturated/α-hetero) is 1. The summed E-state index contributed by atoms with van der Waals surface area (Å²) in [6.45, 7) is 9.87. The smallest absolute Gasteiger partial charge is 0.317 e. The van der Waals surface area contributed by atoms with Gasteiger partial charge in [0.05, 0.1) is 11.4 Å². The molecule has 8 heteroatoms. The molecule has 2 amide bonds. The van der Waals surface area contributed by atoms with Gasteiger partial charge in [0.2, 0.25) is 0 Å². The molecule has 0 spiro atoms. The Kier molecular flexibility index (Phi) is 9.06. The zero-order valence-electron chi connectivity index (χ0n) is 25.3. The van der Waals surface area contributed by atoms with Crippen LogP contribution >= 0.6 is 0 Å². The standard InChI is InChI=1S/C35H40FN5O2/c1-23-13-15-26(16-14-23)41-32(22-31(40-41)35(2,3)4)39-34(43)38-29-12-8-6-10-27(29)33(24-17-19-37-20-18-24)30(42)21-25-9-5-7-11-28(25)36/h5-16,22,24,33,37H,17-21H2,1-4H3,(H2,38,39,43). The van der Waals surface area contributed by atoms with E-state index in [4.69, 9.17) is 5.10 Å². The van der Waals surface area contributed by atoms with E-state index in [1.807, 2.05) is 61.5 Å². The van der Waals surface area contributed by atoms with Crippen LogP contribution in [0.25, 0.3) is 5.69 Å². The Labute approximate surface area is 252 Å². The van der Waals surface area contributed by atoms with Crippen molar-refractivity contribution >= 4 is 23.3 Å². The Morgan fingerprint density at radius 3 is 2.35 bits per heavy atom. The molecule has 0 saturated carbocycles. The first-order valence-corrected chi connectivity index (χ1v) is 14.9. The number of anilines is 2. The SMILES string of the molecule is Cc1ccc(-n2nc(C(C)(C)C)cc2NC(=O)Nc2ccccc2C(C(=O)Cc2ccccc2F)C2CCNCC2)cc1. The summed E-state index contributed by atoms with van der Waals surface area (Å²) in [4.78, 5) is 27.4. The number of amides is 2. The minimum Gasteiger partial charge on any atom is -0.317 e. The molecule has 3 N–H and O–H groups in total. The topological polar surface area (TPSA) is 88.1 Å². The second kappa shape index (κ2) is 12.9. The number of rotatable bonds is 8. The summed E-state index contributed by atoms with van der Waals surface area (Å²) in [5.74, 6) is -0.314. The Hall–Kier alpha value is -4.30. The van der Waals surface area contributed by atoms with Gasteiger partial charge in [-0.3, -0.25) is 10.1 Å². The number of nitrogens with zero attached hydrogens (tertiary/aromatic N) is 2. The number of para-hydroxylation sites is 1. The van der Waals surface area contributed by atoms with Crippen LogP contribution in [0.4, 0.5) is 20.7 Å². The van der Waals surface area contributed by atoms with E-state index in [1.54, 1.807) is 22.9 Å². The maximum absolute atomic E-state index is 14.5. The Morgan fingerprint density at radius 1 is 0.977 bits per heavy atom. The third-order valence-corrected chi connectivity index (χ3v) is 8.07. The van der Waals surface area contributed by atoms with Crippen molar-refractivity contribution in [3.8, 4) is 5.69 Å². The van der Waals surface area contributed by atoms with E-state index in [0.29, 0.717) is 17.1 Å². The Bertz CT molecular complexity index is 1580. The molecule has 4 aromatic rings. The van der Waals surface area contributed by atoms with E-state index in [1.165, 1.54) is 6.07 Å². The molecule has 224 valence electrons. The van der Waals surface area contributed by atoms with E-state index in [-0.39, 0.29) is 29.4 Å². The van der Waals surface area contributed by atoms with Crippen molar-refractivity contribution in [3.05, 3.63) is 107 Å². The molecule has 1 aliphatic rings. The Morgan fingerprint density at radius 2 is 1.65 bits per heavy atom. The summed E-state index contributed by atoms with van der Waals surface area (Å²) in [5.41, 5.74) is 4.26. The summed E-state index contributed by atoms with van der Waals surface area (Å²) < 4.78 is 16.3. The number of carbonyl (C=O) groups is 2. The first-order valence-electron chi connectivity index (χ1n) is 14.9. The number of carbonyl (C=O) groups excluding carboxylic acids is 2. The highest BCUT2D eigenvalue weighted by Gasteiger charge is 2.33. The normalized spacial score (nSPS) is 14.7. The van der Waals surface area contributed by atoms with E-state index >= 15 is 0 Å². The van der Waals surface area contributed by atoms with Gasteiger partial charge in [0.15, 0.2) is 0 Å². The second-order valence-electron chi connectivity index (χ2n) is 12.4. The lowest BCUT2D eigenvalue weighted by molar-refractivity contribution is -0.121. The number of hydrogen-bond acceptors (Lipinski definition) is 4. The van der Waals surface area contributed by atoms with Gasteiger partial charge in [0.1, 0.15) is 17.4 Å². The van der Waals surface area contributed by atoms with Crippen molar-refractivity contribution in [1.82, 2.24) is 15.1 Å². The Balaban J connectivity index is 1.43. The number of benzene rings is 3. The fraction of sp³-hybridized carbons (Fsp3) is 0.343. The van der Waals surface area contributed by atoms with Gasteiger partial charge in [-0.2, -0.15) is 5.10 Å². The monoisotopic (exact) mass is 581 g/mol. The number of aryl methyl sites for hydroxylation is 1. The van der Waals surface area contributed by atoms with Gasteiger partial charge >= 0.3 is 6.03 Å². The number of halogens is 1. The van der Waals surface area contributed by atoms with Gasteiger partial charge < -0.3 is 10.6 Å². The predicted molar refractivity (Wildman–Crippen MR) is 170 cm³/mol. The third kappa shape index (κ3) is 7.20. The predicted octanol–water partition coefficient (Wildman–Crippen LogP) is 7.16. The van der Waals surface area contributed by atoms with E-state index < -0.39 is 11.9 Å². The summed E-state index contributed by atoms with van der Waals surface area (Å²) in [5, 5.41) is 14.2. The van der Waals surface area contributed by atoms with Crippen LogP contribution in [0, 0.1) is 18.7 Å². The second-order valence-corrected chi connectivity index (χ2v) is 12.4. The van der Waals surface area contributed by atoms with Crippen molar-refractivity contribution < 1.29 is 14.0 Å². The van der Waals surface area contributed by atoms with Crippen molar-refractivity contribution in [2.75, 3.05) is 23.7 Å². The van der Waals surface area contributed by atoms with E-state index in [9.17, 15) is 14.0 Å². The quantitative estimate of drug-likeness (QED) is 0.206. The molecular weight excluding hydrogens is 541 g/mol. The lowest BCUT2D eigenvalue weighted by Crippen LogP contribution is -2.34. The zero-order valence-corrected chi connectivity index (χ0v) is 25.3. The fourth-order valence-corrected chi connectivity index (χ4v) is 5.68. The molecule has 5 rings (SSSR count). The van der Waals surface area contributed by atoms with Crippen LogP contribution in [0.3, 0.4) is 0 Å².